The van der Waals surface area contributed by atoms with E-state index in [2.05, 4.69) is 22.0 Å². The molecular weight excluding hydrogens is 354 g/mol. The predicted molar refractivity (Wildman–Crippen MR) is 87.4 cm³/mol. The molecule has 1 aliphatic heterocycles. The molecule has 1 unspecified atom stereocenters. The molecule has 0 saturated heterocycles. The van der Waals surface area contributed by atoms with Gasteiger partial charge in [-0.25, -0.2) is 0 Å². The zero-order valence-electron chi connectivity index (χ0n) is 11.5. The molecule has 0 aromatic heterocycles. The average molecular weight is 369 g/mol. The number of halogens is 2. The van der Waals surface area contributed by atoms with Crippen molar-refractivity contribution in [3.63, 3.8) is 0 Å². The summed E-state index contributed by atoms with van der Waals surface area (Å²) >= 11 is 9.92. The SMILES string of the molecule is Cc1ccc(Br)c(C(N)c2cc3c(cc2Cl)OCCO3)c1. The van der Waals surface area contributed by atoms with Crippen LogP contribution in [0, 0.1) is 6.92 Å². The van der Waals surface area contributed by atoms with Crippen LogP contribution in [0.2, 0.25) is 5.02 Å². The number of hydrogen-bond acceptors (Lipinski definition) is 3. The molecule has 3 nitrogen and oxygen atoms in total. The van der Waals surface area contributed by atoms with E-state index in [0.29, 0.717) is 29.7 Å². The van der Waals surface area contributed by atoms with E-state index in [1.165, 1.54) is 0 Å². The molecule has 21 heavy (non-hydrogen) atoms. The Morgan fingerprint density at radius 2 is 1.76 bits per heavy atom. The lowest BCUT2D eigenvalue weighted by atomic mass is 9.97. The summed E-state index contributed by atoms with van der Waals surface area (Å²) in [5.41, 5.74) is 9.38. The topological polar surface area (TPSA) is 44.5 Å². The smallest absolute Gasteiger partial charge is 0.162 e. The highest BCUT2D eigenvalue weighted by atomic mass is 79.9. The molecule has 1 aliphatic rings. The zero-order valence-corrected chi connectivity index (χ0v) is 13.9. The van der Waals surface area contributed by atoms with Gasteiger partial charge in [0.15, 0.2) is 11.5 Å². The molecule has 0 fully saturated rings. The van der Waals surface area contributed by atoms with E-state index >= 15 is 0 Å². The van der Waals surface area contributed by atoms with Gasteiger partial charge < -0.3 is 15.2 Å². The summed E-state index contributed by atoms with van der Waals surface area (Å²) in [5.74, 6) is 1.37. The maximum Gasteiger partial charge on any atom is 0.162 e. The van der Waals surface area contributed by atoms with E-state index in [1.54, 1.807) is 6.07 Å². The van der Waals surface area contributed by atoms with Crippen LogP contribution in [0.3, 0.4) is 0 Å². The van der Waals surface area contributed by atoms with Crippen molar-refractivity contribution in [2.45, 2.75) is 13.0 Å². The van der Waals surface area contributed by atoms with Gasteiger partial charge in [-0.2, -0.15) is 0 Å². The van der Waals surface area contributed by atoms with Gasteiger partial charge in [-0.1, -0.05) is 45.2 Å². The Balaban J connectivity index is 2.05. The third kappa shape index (κ3) is 2.89. The minimum absolute atomic E-state index is 0.331. The molecule has 0 radical (unpaired) electrons. The lowest BCUT2D eigenvalue weighted by Crippen LogP contribution is -2.18. The Bertz CT molecular complexity index is 690. The van der Waals surface area contributed by atoms with Crippen LogP contribution in [0.5, 0.6) is 11.5 Å². The Morgan fingerprint density at radius 3 is 2.48 bits per heavy atom. The number of rotatable bonds is 2. The van der Waals surface area contributed by atoms with Crippen LogP contribution in [0.25, 0.3) is 0 Å². The fourth-order valence-corrected chi connectivity index (χ4v) is 3.15. The molecule has 0 bridgehead atoms. The molecule has 0 spiro atoms. The standard InChI is InChI=1S/C16H15BrClNO2/c1-9-2-3-12(17)10(6-9)16(19)11-7-14-15(8-13(11)18)21-5-4-20-14/h2-3,6-8,16H,4-5,19H2,1H3. The summed E-state index contributed by atoms with van der Waals surface area (Å²) in [5, 5.41) is 0.583. The monoisotopic (exact) mass is 367 g/mol. The minimum Gasteiger partial charge on any atom is -0.486 e. The maximum absolute atomic E-state index is 6.41. The molecule has 2 aromatic carbocycles. The highest BCUT2D eigenvalue weighted by molar-refractivity contribution is 9.10. The lowest BCUT2D eigenvalue weighted by molar-refractivity contribution is 0.171. The molecule has 0 aliphatic carbocycles. The van der Waals surface area contributed by atoms with Crippen molar-refractivity contribution in [1.29, 1.82) is 0 Å². The van der Waals surface area contributed by atoms with E-state index in [-0.39, 0.29) is 6.04 Å². The second-order valence-electron chi connectivity index (χ2n) is 5.02. The summed E-state index contributed by atoms with van der Waals surface area (Å²) in [7, 11) is 0. The second-order valence-corrected chi connectivity index (χ2v) is 6.28. The Kier molecular flexibility index (Phi) is 4.11. The van der Waals surface area contributed by atoms with Gasteiger partial charge in [0.25, 0.3) is 0 Å². The van der Waals surface area contributed by atoms with Crippen LogP contribution in [-0.4, -0.2) is 13.2 Å². The highest BCUT2D eigenvalue weighted by Crippen LogP contribution is 2.39. The summed E-state index contributed by atoms with van der Waals surface area (Å²) in [6.07, 6.45) is 0. The van der Waals surface area contributed by atoms with E-state index in [9.17, 15) is 0 Å². The minimum atomic E-state index is -0.331. The molecule has 1 atom stereocenters. The van der Waals surface area contributed by atoms with Crippen molar-refractivity contribution in [2.24, 2.45) is 5.73 Å². The van der Waals surface area contributed by atoms with Crippen LogP contribution >= 0.6 is 27.5 Å². The molecule has 1 heterocycles. The Morgan fingerprint density at radius 1 is 1.10 bits per heavy atom. The van der Waals surface area contributed by atoms with Gasteiger partial charge in [0, 0.05) is 15.6 Å². The van der Waals surface area contributed by atoms with Gasteiger partial charge in [-0.05, 0) is 30.2 Å². The number of benzene rings is 2. The van der Waals surface area contributed by atoms with E-state index in [4.69, 9.17) is 26.8 Å². The molecule has 2 aromatic rings. The third-order valence-electron chi connectivity index (χ3n) is 3.48. The van der Waals surface area contributed by atoms with Gasteiger partial charge in [-0.15, -0.1) is 0 Å². The average Bonchev–Trinajstić information content (AvgIpc) is 2.48. The first-order chi connectivity index (χ1) is 10.1. The predicted octanol–water partition coefficient (Wildman–Crippen LogP) is 4.23. The van der Waals surface area contributed by atoms with Gasteiger partial charge in [-0.3, -0.25) is 0 Å². The zero-order chi connectivity index (χ0) is 15.0. The van der Waals surface area contributed by atoms with Crippen molar-refractivity contribution in [2.75, 3.05) is 13.2 Å². The van der Waals surface area contributed by atoms with Gasteiger partial charge >= 0.3 is 0 Å². The summed E-state index contributed by atoms with van der Waals surface area (Å²) in [6.45, 7) is 3.11. The summed E-state index contributed by atoms with van der Waals surface area (Å²) in [6, 6.07) is 9.40. The van der Waals surface area contributed by atoms with Gasteiger partial charge in [0.2, 0.25) is 0 Å². The van der Waals surface area contributed by atoms with Crippen LogP contribution in [0.1, 0.15) is 22.7 Å². The quantitative estimate of drug-likeness (QED) is 0.862. The Hall–Kier alpha value is -1.23. The number of nitrogens with two attached hydrogens (primary N) is 1. The number of fused-ring (bicyclic) bond motifs is 1. The van der Waals surface area contributed by atoms with Crippen molar-refractivity contribution in [3.8, 4) is 11.5 Å². The molecule has 0 amide bonds. The summed E-state index contributed by atoms with van der Waals surface area (Å²) < 4.78 is 12.1. The van der Waals surface area contributed by atoms with E-state index in [1.807, 2.05) is 25.1 Å². The van der Waals surface area contributed by atoms with Crippen molar-refractivity contribution >= 4 is 27.5 Å². The first-order valence-corrected chi connectivity index (χ1v) is 7.84. The van der Waals surface area contributed by atoms with Gasteiger partial charge in [0.1, 0.15) is 13.2 Å². The molecular formula is C16H15BrClNO2. The third-order valence-corrected chi connectivity index (χ3v) is 4.53. The Labute approximate surface area is 137 Å². The highest BCUT2D eigenvalue weighted by Gasteiger charge is 2.21. The fraction of sp³-hybridized carbons (Fsp3) is 0.250. The van der Waals surface area contributed by atoms with Crippen LogP contribution in [0.15, 0.2) is 34.8 Å². The first kappa shape index (κ1) is 14.7. The first-order valence-electron chi connectivity index (χ1n) is 6.67. The van der Waals surface area contributed by atoms with Gasteiger partial charge in [0.05, 0.1) is 6.04 Å². The van der Waals surface area contributed by atoms with Crippen LogP contribution < -0.4 is 15.2 Å². The molecule has 5 heteroatoms. The maximum atomic E-state index is 6.41. The van der Waals surface area contributed by atoms with Crippen LogP contribution in [-0.2, 0) is 0 Å². The number of ether oxygens (including phenoxy) is 2. The molecule has 2 N–H and O–H groups in total. The second kappa shape index (κ2) is 5.87. The van der Waals surface area contributed by atoms with E-state index < -0.39 is 0 Å². The molecule has 110 valence electrons. The van der Waals surface area contributed by atoms with E-state index in [0.717, 1.165) is 21.2 Å². The lowest BCUT2D eigenvalue weighted by Gasteiger charge is -2.22. The fourth-order valence-electron chi connectivity index (χ4n) is 2.39. The number of hydrogen-bond donors (Lipinski definition) is 1. The van der Waals surface area contributed by atoms with Crippen molar-refractivity contribution in [1.82, 2.24) is 0 Å². The van der Waals surface area contributed by atoms with Crippen LogP contribution in [0.4, 0.5) is 0 Å². The van der Waals surface area contributed by atoms with Crippen molar-refractivity contribution < 1.29 is 9.47 Å². The normalized spacial score (nSPS) is 14.9. The number of aryl methyl sites for hydroxylation is 1. The summed E-state index contributed by atoms with van der Waals surface area (Å²) in [4.78, 5) is 0. The molecule has 3 rings (SSSR count). The van der Waals surface area contributed by atoms with Crippen molar-refractivity contribution in [3.05, 3.63) is 56.5 Å². The largest absolute Gasteiger partial charge is 0.486 e. The molecule has 0 saturated carbocycles.